The molecular weight excluding hydrogens is 394 g/mol. The third-order valence-electron chi connectivity index (χ3n) is 4.36. The first-order chi connectivity index (χ1) is 14.5. The van der Waals surface area contributed by atoms with Gasteiger partial charge in [0.05, 0.1) is 12.8 Å². The van der Waals surface area contributed by atoms with Gasteiger partial charge in [-0.05, 0) is 54.1 Å². The molecule has 0 radical (unpaired) electrons. The second kappa shape index (κ2) is 9.69. The van der Waals surface area contributed by atoms with Crippen molar-refractivity contribution in [2.75, 3.05) is 7.05 Å². The Balaban J connectivity index is 1.79. The summed E-state index contributed by atoms with van der Waals surface area (Å²) >= 11 is 0. The predicted octanol–water partition coefficient (Wildman–Crippen LogP) is 4.08. The highest BCUT2D eigenvalue weighted by Crippen LogP contribution is 2.19. The van der Waals surface area contributed by atoms with Crippen molar-refractivity contribution in [2.24, 2.45) is 0 Å². The van der Waals surface area contributed by atoms with Crippen molar-refractivity contribution in [3.05, 3.63) is 89.4 Å². The topological polar surface area (TPSA) is 71.8 Å². The van der Waals surface area contributed by atoms with Crippen molar-refractivity contribution in [1.82, 2.24) is 10.2 Å². The molecule has 156 valence electrons. The summed E-state index contributed by atoms with van der Waals surface area (Å²) in [5, 5.41) is 2.55. The number of alkyl halides is 2. The Kier molecular flexibility index (Phi) is 6.79. The minimum Gasteiger partial charge on any atom is -0.467 e. The number of furan rings is 1. The number of amides is 2. The molecule has 6 nitrogen and oxygen atoms in total. The Morgan fingerprint density at radius 3 is 2.23 bits per heavy atom. The Morgan fingerprint density at radius 2 is 1.67 bits per heavy atom. The minimum absolute atomic E-state index is 0.0241. The SMILES string of the molecule is CNC(=O)c1ccc(CN(Cc2ccco2)C(=O)c2ccc(OC(F)F)cc2)cc1. The molecule has 1 N–H and O–H groups in total. The van der Waals surface area contributed by atoms with E-state index < -0.39 is 6.61 Å². The minimum atomic E-state index is -2.93. The molecule has 1 heterocycles. The largest absolute Gasteiger partial charge is 0.467 e. The molecule has 8 heteroatoms. The molecule has 2 aromatic carbocycles. The fourth-order valence-corrected chi connectivity index (χ4v) is 2.88. The van der Waals surface area contributed by atoms with E-state index >= 15 is 0 Å². The molecule has 0 aliphatic carbocycles. The number of hydrogen-bond acceptors (Lipinski definition) is 4. The third kappa shape index (κ3) is 5.44. The van der Waals surface area contributed by atoms with E-state index in [1.165, 1.54) is 30.5 Å². The number of hydrogen-bond donors (Lipinski definition) is 1. The second-order valence-electron chi connectivity index (χ2n) is 6.42. The monoisotopic (exact) mass is 414 g/mol. The van der Waals surface area contributed by atoms with E-state index in [0.717, 1.165) is 5.56 Å². The fourth-order valence-electron chi connectivity index (χ4n) is 2.88. The van der Waals surface area contributed by atoms with Gasteiger partial charge in [0.1, 0.15) is 11.5 Å². The standard InChI is InChI=1S/C22H20F2N2O4/c1-25-20(27)16-6-4-15(5-7-16)13-26(14-19-3-2-12-29-19)21(28)17-8-10-18(11-9-17)30-22(23)24/h2-12,22H,13-14H2,1H3,(H,25,27). The number of nitrogens with one attached hydrogen (secondary N) is 1. The van der Waals surface area contributed by atoms with Crippen molar-refractivity contribution < 1.29 is 27.5 Å². The molecule has 0 saturated heterocycles. The summed E-state index contributed by atoms with van der Waals surface area (Å²) < 4.78 is 34.3. The van der Waals surface area contributed by atoms with Gasteiger partial charge in [-0.1, -0.05) is 12.1 Å². The van der Waals surface area contributed by atoms with Gasteiger partial charge >= 0.3 is 6.61 Å². The van der Waals surface area contributed by atoms with Gasteiger partial charge in [-0.15, -0.1) is 0 Å². The van der Waals surface area contributed by atoms with Crippen LogP contribution < -0.4 is 10.1 Å². The van der Waals surface area contributed by atoms with Crippen LogP contribution in [0, 0.1) is 0 Å². The summed E-state index contributed by atoms with van der Waals surface area (Å²) in [6, 6.07) is 15.9. The first-order valence-electron chi connectivity index (χ1n) is 9.14. The summed E-state index contributed by atoms with van der Waals surface area (Å²) in [4.78, 5) is 26.3. The Bertz CT molecular complexity index is 971. The van der Waals surface area contributed by atoms with Gasteiger partial charge in [0.2, 0.25) is 0 Å². The van der Waals surface area contributed by atoms with E-state index in [4.69, 9.17) is 4.42 Å². The molecule has 1 aromatic heterocycles. The van der Waals surface area contributed by atoms with Crippen LogP contribution in [0.5, 0.6) is 5.75 Å². The molecular formula is C22H20F2N2O4. The van der Waals surface area contributed by atoms with Crippen LogP contribution in [0.1, 0.15) is 32.0 Å². The van der Waals surface area contributed by atoms with Crippen LogP contribution in [0.25, 0.3) is 0 Å². The molecule has 0 atom stereocenters. The van der Waals surface area contributed by atoms with Crippen LogP contribution in [0.4, 0.5) is 8.78 Å². The maximum Gasteiger partial charge on any atom is 0.387 e. The first-order valence-corrected chi connectivity index (χ1v) is 9.14. The summed E-state index contributed by atoms with van der Waals surface area (Å²) in [7, 11) is 1.55. The highest BCUT2D eigenvalue weighted by molar-refractivity contribution is 5.95. The quantitative estimate of drug-likeness (QED) is 0.603. The molecule has 3 aromatic rings. The molecule has 0 saturated carbocycles. The van der Waals surface area contributed by atoms with E-state index in [1.54, 1.807) is 48.3 Å². The average molecular weight is 414 g/mol. The molecule has 0 bridgehead atoms. The molecule has 30 heavy (non-hydrogen) atoms. The number of nitrogens with zero attached hydrogens (tertiary/aromatic N) is 1. The van der Waals surface area contributed by atoms with Gasteiger partial charge in [-0.3, -0.25) is 9.59 Å². The van der Waals surface area contributed by atoms with Crippen LogP contribution in [0.2, 0.25) is 0 Å². The Hall–Kier alpha value is -3.68. The number of halogens is 2. The molecule has 0 aliphatic rings. The summed E-state index contributed by atoms with van der Waals surface area (Å²) in [6.07, 6.45) is 1.52. The van der Waals surface area contributed by atoms with Crippen molar-refractivity contribution >= 4 is 11.8 Å². The van der Waals surface area contributed by atoms with Gasteiger partial charge in [0, 0.05) is 24.7 Å². The van der Waals surface area contributed by atoms with Crippen LogP contribution in [-0.2, 0) is 13.1 Å². The van der Waals surface area contributed by atoms with E-state index in [2.05, 4.69) is 10.1 Å². The van der Waals surface area contributed by atoms with Crippen molar-refractivity contribution in [3.8, 4) is 5.75 Å². The zero-order chi connectivity index (χ0) is 21.5. The van der Waals surface area contributed by atoms with Gasteiger partial charge in [-0.25, -0.2) is 0 Å². The van der Waals surface area contributed by atoms with E-state index in [-0.39, 0.29) is 30.7 Å². The number of carbonyl (C=O) groups excluding carboxylic acids is 2. The van der Waals surface area contributed by atoms with E-state index in [0.29, 0.717) is 16.9 Å². The lowest BCUT2D eigenvalue weighted by Gasteiger charge is -2.22. The Morgan fingerprint density at radius 1 is 1.00 bits per heavy atom. The zero-order valence-corrected chi connectivity index (χ0v) is 16.2. The summed E-state index contributed by atoms with van der Waals surface area (Å²) in [6.45, 7) is -2.44. The van der Waals surface area contributed by atoms with Crippen LogP contribution in [-0.4, -0.2) is 30.4 Å². The lowest BCUT2D eigenvalue weighted by Crippen LogP contribution is -2.30. The maximum absolute atomic E-state index is 13.1. The summed E-state index contributed by atoms with van der Waals surface area (Å²) in [5.41, 5.74) is 1.66. The van der Waals surface area contributed by atoms with E-state index in [1.807, 2.05) is 0 Å². The predicted molar refractivity (Wildman–Crippen MR) is 105 cm³/mol. The van der Waals surface area contributed by atoms with Crippen LogP contribution in [0.3, 0.4) is 0 Å². The Labute approximate surface area is 172 Å². The zero-order valence-electron chi connectivity index (χ0n) is 16.2. The maximum atomic E-state index is 13.1. The fraction of sp³-hybridized carbons (Fsp3) is 0.182. The highest BCUT2D eigenvalue weighted by Gasteiger charge is 2.18. The molecule has 0 spiro atoms. The lowest BCUT2D eigenvalue weighted by atomic mass is 10.1. The molecule has 0 fully saturated rings. The highest BCUT2D eigenvalue weighted by atomic mass is 19.3. The molecule has 0 unspecified atom stereocenters. The number of ether oxygens (including phenoxy) is 1. The lowest BCUT2D eigenvalue weighted by molar-refractivity contribution is -0.0498. The van der Waals surface area contributed by atoms with Crippen molar-refractivity contribution in [1.29, 1.82) is 0 Å². The molecule has 2 amide bonds. The number of benzene rings is 2. The van der Waals surface area contributed by atoms with Gasteiger partial charge < -0.3 is 19.4 Å². The normalized spacial score (nSPS) is 10.7. The first kappa shape index (κ1) is 21.0. The number of carbonyl (C=O) groups is 2. The number of rotatable bonds is 8. The average Bonchev–Trinajstić information content (AvgIpc) is 3.26. The van der Waals surface area contributed by atoms with Gasteiger partial charge in [0.15, 0.2) is 0 Å². The second-order valence-corrected chi connectivity index (χ2v) is 6.42. The summed E-state index contributed by atoms with van der Waals surface area (Å²) in [5.74, 6) is 0.0773. The molecule has 3 rings (SSSR count). The third-order valence-corrected chi connectivity index (χ3v) is 4.36. The van der Waals surface area contributed by atoms with Gasteiger partial charge in [-0.2, -0.15) is 8.78 Å². The van der Waals surface area contributed by atoms with Crippen LogP contribution >= 0.6 is 0 Å². The smallest absolute Gasteiger partial charge is 0.387 e. The molecule has 0 aliphatic heterocycles. The van der Waals surface area contributed by atoms with Gasteiger partial charge in [0.25, 0.3) is 11.8 Å². The van der Waals surface area contributed by atoms with Crippen molar-refractivity contribution in [3.63, 3.8) is 0 Å². The van der Waals surface area contributed by atoms with E-state index in [9.17, 15) is 18.4 Å². The van der Waals surface area contributed by atoms with Crippen LogP contribution in [0.15, 0.2) is 71.3 Å². The van der Waals surface area contributed by atoms with Crippen molar-refractivity contribution in [2.45, 2.75) is 19.7 Å².